The summed E-state index contributed by atoms with van der Waals surface area (Å²) in [4.78, 5) is 16.7. The number of guanidine groups is 1. The van der Waals surface area contributed by atoms with Gasteiger partial charge in [-0.25, -0.2) is 4.99 Å². The molecule has 20 heavy (non-hydrogen) atoms. The summed E-state index contributed by atoms with van der Waals surface area (Å²) < 4.78 is 4.60. The summed E-state index contributed by atoms with van der Waals surface area (Å²) in [5.41, 5.74) is 0. The van der Waals surface area contributed by atoms with Crippen LogP contribution in [0.25, 0.3) is 0 Å². The van der Waals surface area contributed by atoms with E-state index in [9.17, 15) is 4.79 Å². The normalized spacial score (nSPS) is 11.2. The Morgan fingerprint density at radius 1 is 1.40 bits per heavy atom. The highest BCUT2D eigenvalue weighted by Gasteiger charge is 2.01. The Labute approximate surface area is 124 Å². The lowest BCUT2D eigenvalue weighted by molar-refractivity contribution is -0.140. The molecule has 0 bridgehead atoms. The molecule has 5 nitrogen and oxygen atoms in total. The molecular weight excluding hydrogens is 274 g/mol. The minimum absolute atomic E-state index is 0.150. The summed E-state index contributed by atoms with van der Waals surface area (Å²) in [5.74, 6) is 0.669. The van der Waals surface area contributed by atoms with Crippen molar-refractivity contribution in [2.75, 3.05) is 20.2 Å². The molecule has 0 aliphatic heterocycles. The van der Waals surface area contributed by atoms with Crippen molar-refractivity contribution in [3.63, 3.8) is 0 Å². The summed E-state index contributed by atoms with van der Waals surface area (Å²) in [7, 11) is 1.42. The first-order valence-corrected chi connectivity index (χ1v) is 7.75. The Morgan fingerprint density at radius 2 is 2.25 bits per heavy atom. The van der Waals surface area contributed by atoms with Gasteiger partial charge in [-0.15, -0.1) is 11.3 Å². The summed E-state index contributed by atoms with van der Waals surface area (Å²) in [6.45, 7) is 4.36. The highest BCUT2D eigenvalue weighted by Crippen LogP contribution is 2.09. The Balaban J connectivity index is 2.24. The number of aliphatic imine (C=N–C) groups is 1. The van der Waals surface area contributed by atoms with Gasteiger partial charge in [0.2, 0.25) is 0 Å². The summed E-state index contributed by atoms with van der Waals surface area (Å²) in [6.07, 6.45) is 2.21. The molecule has 2 N–H and O–H groups in total. The number of rotatable bonds is 8. The predicted octanol–water partition coefficient (Wildman–Crippen LogP) is 2.15. The number of unbranched alkanes of at least 4 members (excludes halogenated alkanes) is 1. The molecule has 0 atom stereocenters. The number of carbonyl (C=O) groups is 1. The smallest absolute Gasteiger partial charge is 0.305 e. The molecule has 112 valence electrons. The monoisotopic (exact) mass is 297 g/mol. The van der Waals surface area contributed by atoms with Crippen LogP contribution in [0.1, 0.15) is 31.1 Å². The van der Waals surface area contributed by atoms with Crippen molar-refractivity contribution in [3.05, 3.63) is 22.4 Å². The summed E-state index contributed by atoms with van der Waals surface area (Å²) in [6, 6.07) is 4.11. The molecular formula is C14H23N3O2S. The van der Waals surface area contributed by atoms with Gasteiger partial charge >= 0.3 is 5.97 Å². The number of nitrogens with zero attached hydrogens (tertiary/aromatic N) is 1. The van der Waals surface area contributed by atoms with Gasteiger partial charge in [0, 0.05) is 24.4 Å². The van der Waals surface area contributed by atoms with E-state index >= 15 is 0 Å². The zero-order valence-electron chi connectivity index (χ0n) is 12.1. The van der Waals surface area contributed by atoms with Gasteiger partial charge in [0.1, 0.15) is 0 Å². The largest absolute Gasteiger partial charge is 0.469 e. The van der Waals surface area contributed by atoms with E-state index in [0.717, 1.165) is 31.9 Å². The third-order valence-corrected chi connectivity index (χ3v) is 3.51. The van der Waals surface area contributed by atoms with E-state index in [1.165, 1.54) is 12.0 Å². The molecule has 0 unspecified atom stereocenters. The van der Waals surface area contributed by atoms with E-state index in [1.807, 2.05) is 13.0 Å². The molecule has 1 rings (SSSR count). The highest BCUT2D eigenvalue weighted by atomic mass is 32.1. The van der Waals surface area contributed by atoms with Crippen molar-refractivity contribution in [2.24, 2.45) is 4.99 Å². The first-order chi connectivity index (χ1) is 9.76. The minimum atomic E-state index is -0.150. The molecule has 0 aliphatic rings. The van der Waals surface area contributed by atoms with E-state index in [-0.39, 0.29) is 5.97 Å². The third-order valence-electron chi connectivity index (χ3n) is 2.65. The molecule has 6 heteroatoms. The zero-order valence-corrected chi connectivity index (χ0v) is 13.0. The van der Waals surface area contributed by atoms with E-state index in [0.29, 0.717) is 13.0 Å². The Kier molecular flexibility index (Phi) is 8.46. The van der Waals surface area contributed by atoms with Crippen LogP contribution in [0.5, 0.6) is 0 Å². The molecule has 0 aromatic carbocycles. The van der Waals surface area contributed by atoms with Crippen LogP contribution in [0.3, 0.4) is 0 Å². The molecule has 0 saturated heterocycles. The van der Waals surface area contributed by atoms with Crippen LogP contribution in [-0.2, 0) is 16.1 Å². The number of ether oxygens (including phenoxy) is 1. The summed E-state index contributed by atoms with van der Waals surface area (Å²) in [5, 5.41) is 8.53. The first kappa shape index (κ1) is 16.5. The van der Waals surface area contributed by atoms with Gasteiger partial charge < -0.3 is 15.4 Å². The number of carbonyl (C=O) groups excluding carboxylic acids is 1. The van der Waals surface area contributed by atoms with E-state index < -0.39 is 0 Å². The second-order valence-electron chi connectivity index (χ2n) is 4.23. The lowest BCUT2D eigenvalue weighted by atomic mass is 10.2. The van der Waals surface area contributed by atoms with Gasteiger partial charge in [0.05, 0.1) is 13.7 Å². The van der Waals surface area contributed by atoms with Gasteiger partial charge in [0.15, 0.2) is 5.96 Å². The lowest BCUT2D eigenvalue weighted by Crippen LogP contribution is -2.37. The van der Waals surface area contributed by atoms with Gasteiger partial charge in [-0.1, -0.05) is 6.07 Å². The molecule has 0 radical (unpaired) electrons. The molecule has 1 heterocycles. The highest BCUT2D eigenvalue weighted by molar-refractivity contribution is 7.09. The molecule has 0 amide bonds. The van der Waals surface area contributed by atoms with E-state index in [1.54, 1.807) is 11.3 Å². The maximum atomic E-state index is 11.0. The van der Waals surface area contributed by atoms with Gasteiger partial charge in [-0.05, 0) is 31.2 Å². The van der Waals surface area contributed by atoms with Gasteiger partial charge in [-0.3, -0.25) is 4.79 Å². The average Bonchev–Trinajstić information content (AvgIpc) is 2.97. The van der Waals surface area contributed by atoms with Crippen molar-refractivity contribution in [1.82, 2.24) is 10.6 Å². The number of methoxy groups -OCH3 is 1. The van der Waals surface area contributed by atoms with Crippen molar-refractivity contribution in [1.29, 1.82) is 0 Å². The standard InChI is InChI=1S/C14H23N3O2S/c1-3-15-14(17-11-12-7-6-10-20-12)16-9-5-4-8-13(18)19-2/h6-7,10H,3-5,8-9,11H2,1-2H3,(H2,15,16,17). The van der Waals surface area contributed by atoms with E-state index in [2.05, 4.69) is 31.8 Å². The van der Waals surface area contributed by atoms with Crippen LogP contribution in [0.2, 0.25) is 0 Å². The average molecular weight is 297 g/mol. The predicted molar refractivity (Wildman–Crippen MR) is 83.0 cm³/mol. The molecule has 0 saturated carbocycles. The fourth-order valence-corrected chi connectivity index (χ4v) is 2.23. The summed E-state index contributed by atoms with van der Waals surface area (Å²) >= 11 is 1.71. The third kappa shape index (κ3) is 7.13. The minimum Gasteiger partial charge on any atom is -0.469 e. The Hall–Kier alpha value is -1.56. The van der Waals surface area contributed by atoms with Crippen LogP contribution in [0.4, 0.5) is 0 Å². The number of esters is 1. The molecule has 1 aromatic heterocycles. The van der Waals surface area contributed by atoms with Crippen LogP contribution >= 0.6 is 11.3 Å². The fourth-order valence-electron chi connectivity index (χ4n) is 1.60. The van der Waals surface area contributed by atoms with Crippen molar-refractivity contribution >= 4 is 23.3 Å². The zero-order chi connectivity index (χ0) is 14.6. The molecule has 1 aromatic rings. The SMILES string of the molecule is CCNC(=NCc1cccs1)NCCCCC(=O)OC. The molecule has 0 aliphatic carbocycles. The fraction of sp³-hybridized carbons (Fsp3) is 0.571. The van der Waals surface area contributed by atoms with Crippen molar-refractivity contribution in [3.8, 4) is 0 Å². The number of thiophene rings is 1. The van der Waals surface area contributed by atoms with Gasteiger partial charge in [-0.2, -0.15) is 0 Å². The van der Waals surface area contributed by atoms with Crippen molar-refractivity contribution < 1.29 is 9.53 Å². The second kappa shape index (κ2) is 10.3. The van der Waals surface area contributed by atoms with Crippen LogP contribution in [0, 0.1) is 0 Å². The number of hydrogen-bond acceptors (Lipinski definition) is 4. The van der Waals surface area contributed by atoms with E-state index in [4.69, 9.17) is 0 Å². The number of hydrogen-bond donors (Lipinski definition) is 2. The van der Waals surface area contributed by atoms with Crippen LogP contribution in [0.15, 0.2) is 22.5 Å². The van der Waals surface area contributed by atoms with Gasteiger partial charge in [0.25, 0.3) is 0 Å². The Morgan fingerprint density at radius 3 is 2.90 bits per heavy atom. The lowest BCUT2D eigenvalue weighted by Gasteiger charge is -2.10. The quantitative estimate of drug-likeness (QED) is 0.334. The maximum Gasteiger partial charge on any atom is 0.305 e. The van der Waals surface area contributed by atoms with Crippen LogP contribution in [-0.4, -0.2) is 32.1 Å². The first-order valence-electron chi connectivity index (χ1n) is 6.87. The number of nitrogens with one attached hydrogen (secondary N) is 2. The second-order valence-corrected chi connectivity index (χ2v) is 5.27. The Bertz CT molecular complexity index is 405. The maximum absolute atomic E-state index is 11.0. The molecule has 0 fully saturated rings. The van der Waals surface area contributed by atoms with Crippen molar-refractivity contribution in [2.45, 2.75) is 32.7 Å². The van der Waals surface area contributed by atoms with Crippen LogP contribution < -0.4 is 10.6 Å². The topological polar surface area (TPSA) is 62.7 Å². The molecule has 0 spiro atoms.